The molecule has 3 rings (SSSR count). The lowest BCUT2D eigenvalue weighted by atomic mass is 10.0. The summed E-state index contributed by atoms with van der Waals surface area (Å²) in [5, 5.41) is 2.89. The summed E-state index contributed by atoms with van der Waals surface area (Å²) in [7, 11) is 0. The van der Waals surface area contributed by atoms with Crippen LogP contribution in [0.1, 0.15) is 19.3 Å². The van der Waals surface area contributed by atoms with E-state index >= 15 is 0 Å². The van der Waals surface area contributed by atoms with Crippen LogP contribution in [0.25, 0.3) is 0 Å². The Bertz CT molecular complexity index is 493. The van der Waals surface area contributed by atoms with Crippen LogP contribution in [0.3, 0.4) is 0 Å². The van der Waals surface area contributed by atoms with Crippen molar-refractivity contribution in [1.29, 1.82) is 0 Å². The number of carbonyl (C=O) groups excluding carboxylic acids is 1. The molecular weight excluding hydrogens is 296 g/mol. The Morgan fingerprint density at radius 3 is 2.57 bits per heavy atom. The summed E-state index contributed by atoms with van der Waals surface area (Å²) in [4.78, 5) is 14.0. The highest BCUT2D eigenvalue weighted by Gasteiger charge is 2.39. The van der Waals surface area contributed by atoms with Crippen LogP contribution < -0.4 is 10.1 Å². The Hall–Kier alpha value is -1.79. The molecule has 0 atom stereocenters. The van der Waals surface area contributed by atoms with E-state index in [1.54, 1.807) is 0 Å². The number of urea groups is 1. The molecule has 0 saturated carbocycles. The maximum Gasteiger partial charge on any atom is 0.317 e. The number of piperidine rings is 1. The lowest BCUT2D eigenvalue weighted by Crippen LogP contribution is -2.53. The number of likely N-dealkylation sites (tertiary alicyclic amines) is 1. The molecule has 0 aromatic heterocycles. The Kier molecular flexibility index (Phi) is 5.35. The number of hydrogen-bond donors (Lipinski definition) is 1. The van der Waals surface area contributed by atoms with E-state index in [9.17, 15) is 4.79 Å². The van der Waals surface area contributed by atoms with Crippen LogP contribution in [0, 0.1) is 0 Å². The predicted octanol–water partition coefficient (Wildman–Crippen LogP) is 2.00. The highest BCUT2D eigenvalue weighted by atomic mass is 16.7. The van der Waals surface area contributed by atoms with Crippen molar-refractivity contribution >= 4 is 6.03 Å². The Balaban J connectivity index is 1.35. The number of rotatable bonds is 4. The second-order valence-corrected chi connectivity index (χ2v) is 5.84. The van der Waals surface area contributed by atoms with Gasteiger partial charge in [0.1, 0.15) is 12.4 Å². The van der Waals surface area contributed by atoms with Gasteiger partial charge in [-0.15, -0.1) is 0 Å². The number of nitrogens with zero attached hydrogens (tertiary/aromatic N) is 1. The monoisotopic (exact) mass is 320 g/mol. The number of ether oxygens (including phenoxy) is 3. The maximum atomic E-state index is 12.2. The molecule has 1 aromatic carbocycles. The highest BCUT2D eigenvalue weighted by molar-refractivity contribution is 5.74. The normalized spacial score (nSPS) is 20.3. The van der Waals surface area contributed by atoms with Crippen LogP contribution in [-0.2, 0) is 9.47 Å². The van der Waals surface area contributed by atoms with Crippen molar-refractivity contribution in [2.75, 3.05) is 39.5 Å². The third kappa shape index (κ3) is 4.36. The average Bonchev–Trinajstić information content (AvgIpc) is 2.61. The quantitative estimate of drug-likeness (QED) is 0.862. The molecular formula is C17H24N2O4. The van der Waals surface area contributed by atoms with Gasteiger partial charge in [-0.05, 0) is 18.6 Å². The SMILES string of the molecule is O=C(NCCOc1ccccc1)N1CCC2(CC1)OCCCO2. The van der Waals surface area contributed by atoms with Crippen LogP contribution in [0.4, 0.5) is 4.79 Å². The van der Waals surface area contributed by atoms with E-state index in [2.05, 4.69) is 5.32 Å². The fourth-order valence-electron chi connectivity index (χ4n) is 2.91. The van der Waals surface area contributed by atoms with Crippen molar-refractivity contribution in [1.82, 2.24) is 10.2 Å². The molecule has 2 aliphatic rings. The van der Waals surface area contributed by atoms with Gasteiger partial charge in [0.2, 0.25) is 0 Å². The first-order valence-corrected chi connectivity index (χ1v) is 8.26. The van der Waals surface area contributed by atoms with E-state index < -0.39 is 5.79 Å². The molecule has 0 radical (unpaired) electrons. The van der Waals surface area contributed by atoms with Crippen molar-refractivity contribution in [3.05, 3.63) is 30.3 Å². The number of para-hydroxylation sites is 1. The number of carbonyl (C=O) groups is 1. The molecule has 6 nitrogen and oxygen atoms in total. The molecule has 6 heteroatoms. The minimum absolute atomic E-state index is 0.0488. The van der Waals surface area contributed by atoms with Crippen LogP contribution in [-0.4, -0.2) is 56.2 Å². The van der Waals surface area contributed by atoms with Gasteiger partial charge in [-0.3, -0.25) is 0 Å². The van der Waals surface area contributed by atoms with E-state index in [0.717, 1.165) is 38.2 Å². The Morgan fingerprint density at radius 1 is 1.17 bits per heavy atom. The summed E-state index contributed by atoms with van der Waals surface area (Å²) in [6.45, 7) is 3.77. The molecule has 0 bridgehead atoms. The number of hydrogen-bond acceptors (Lipinski definition) is 4. The molecule has 2 aliphatic heterocycles. The third-order valence-electron chi connectivity index (χ3n) is 4.22. The van der Waals surface area contributed by atoms with Crippen molar-refractivity contribution < 1.29 is 19.0 Å². The molecule has 1 spiro atoms. The van der Waals surface area contributed by atoms with E-state index in [1.807, 2.05) is 35.2 Å². The molecule has 1 N–H and O–H groups in total. The van der Waals surface area contributed by atoms with Crippen LogP contribution in [0.5, 0.6) is 5.75 Å². The molecule has 126 valence electrons. The standard InChI is InChI=1S/C17H24N2O4/c20-16(18-9-14-21-15-5-2-1-3-6-15)19-10-7-17(8-11-19)22-12-4-13-23-17/h1-3,5-6H,4,7-14H2,(H,18,20). The van der Waals surface area contributed by atoms with Gasteiger partial charge >= 0.3 is 6.03 Å². The van der Waals surface area contributed by atoms with Crippen LogP contribution >= 0.6 is 0 Å². The molecule has 2 heterocycles. The fraction of sp³-hybridized carbons (Fsp3) is 0.588. The summed E-state index contributed by atoms with van der Waals surface area (Å²) in [6.07, 6.45) is 2.43. The predicted molar refractivity (Wildman–Crippen MR) is 85.4 cm³/mol. The zero-order chi connectivity index (χ0) is 16.0. The first-order chi connectivity index (χ1) is 11.3. The Morgan fingerprint density at radius 2 is 1.87 bits per heavy atom. The molecule has 0 aliphatic carbocycles. The van der Waals surface area contributed by atoms with Gasteiger partial charge in [0.15, 0.2) is 5.79 Å². The van der Waals surface area contributed by atoms with E-state index in [-0.39, 0.29) is 6.03 Å². The van der Waals surface area contributed by atoms with Gasteiger partial charge in [-0.25, -0.2) is 4.79 Å². The van der Waals surface area contributed by atoms with Gasteiger partial charge in [0.25, 0.3) is 0 Å². The zero-order valence-electron chi connectivity index (χ0n) is 13.3. The molecule has 2 saturated heterocycles. The van der Waals surface area contributed by atoms with E-state index in [4.69, 9.17) is 14.2 Å². The van der Waals surface area contributed by atoms with E-state index in [1.165, 1.54) is 0 Å². The van der Waals surface area contributed by atoms with Crippen LogP contribution in [0.2, 0.25) is 0 Å². The van der Waals surface area contributed by atoms with Crippen LogP contribution in [0.15, 0.2) is 30.3 Å². The summed E-state index contributed by atoms with van der Waals surface area (Å²) in [5.74, 6) is 0.360. The maximum absolute atomic E-state index is 12.2. The summed E-state index contributed by atoms with van der Waals surface area (Å²) >= 11 is 0. The van der Waals surface area contributed by atoms with Gasteiger partial charge in [0.05, 0.1) is 19.8 Å². The third-order valence-corrected chi connectivity index (χ3v) is 4.22. The number of nitrogens with one attached hydrogen (secondary N) is 1. The zero-order valence-corrected chi connectivity index (χ0v) is 13.3. The second kappa shape index (κ2) is 7.66. The second-order valence-electron chi connectivity index (χ2n) is 5.84. The molecule has 2 fully saturated rings. The minimum atomic E-state index is -0.453. The lowest BCUT2D eigenvalue weighted by Gasteiger charge is -2.43. The van der Waals surface area contributed by atoms with Gasteiger partial charge in [-0.1, -0.05) is 18.2 Å². The first kappa shape index (κ1) is 16.1. The summed E-state index contributed by atoms with van der Waals surface area (Å²) < 4.78 is 17.1. The van der Waals surface area contributed by atoms with Crippen molar-refractivity contribution in [2.24, 2.45) is 0 Å². The largest absolute Gasteiger partial charge is 0.492 e. The van der Waals surface area contributed by atoms with Crippen molar-refractivity contribution in [3.63, 3.8) is 0 Å². The average molecular weight is 320 g/mol. The topological polar surface area (TPSA) is 60.0 Å². The number of amides is 2. The molecule has 0 unspecified atom stereocenters. The van der Waals surface area contributed by atoms with E-state index in [0.29, 0.717) is 26.2 Å². The van der Waals surface area contributed by atoms with Gasteiger partial charge < -0.3 is 24.4 Å². The smallest absolute Gasteiger partial charge is 0.317 e. The summed E-state index contributed by atoms with van der Waals surface area (Å²) in [5.41, 5.74) is 0. The fourth-order valence-corrected chi connectivity index (χ4v) is 2.91. The summed E-state index contributed by atoms with van der Waals surface area (Å²) in [6, 6.07) is 9.54. The Labute approximate surface area is 136 Å². The highest BCUT2D eigenvalue weighted by Crippen LogP contribution is 2.30. The first-order valence-electron chi connectivity index (χ1n) is 8.26. The molecule has 1 aromatic rings. The van der Waals surface area contributed by atoms with Crippen molar-refractivity contribution in [2.45, 2.75) is 25.0 Å². The number of benzene rings is 1. The van der Waals surface area contributed by atoms with Crippen molar-refractivity contribution in [3.8, 4) is 5.75 Å². The molecule has 2 amide bonds. The van der Waals surface area contributed by atoms with Gasteiger partial charge in [-0.2, -0.15) is 0 Å². The lowest BCUT2D eigenvalue weighted by molar-refractivity contribution is -0.281. The minimum Gasteiger partial charge on any atom is -0.492 e. The molecule has 23 heavy (non-hydrogen) atoms. The van der Waals surface area contributed by atoms with Gasteiger partial charge in [0, 0.05) is 25.9 Å².